The second kappa shape index (κ2) is 2.59. The third-order valence-electron chi connectivity index (χ3n) is 2.36. The van der Waals surface area contributed by atoms with Crippen LogP contribution in [0, 0.1) is 0 Å². The van der Waals surface area contributed by atoms with E-state index < -0.39 is 11.9 Å². The monoisotopic (exact) mass is 187 g/mol. The summed E-state index contributed by atoms with van der Waals surface area (Å²) < 4.78 is 10.9. The van der Waals surface area contributed by atoms with Crippen molar-refractivity contribution in [2.24, 2.45) is 0 Å². The molecule has 0 aliphatic carbocycles. The zero-order valence-electron chi connectivity index (χ0n) is 7.69. The van der Waals surface area contributed by atoms with Gasteiger partial charge in [-0.3, -0.25) is 4.90 Å². The maximum atomic E-state index is 10.5. The fourth-order valence-corrected chi connectivity index (χ4v) is 1.60. The molecular weight excluding hydrogens is 174 g/mol. The van der Waals surface area contributed by atoms with Gasteiger partial charge in [-0.05, 0) is 13.8 Å². The highest BCUT2D eigenvalue weighted by Crippen LogP contribution is 2.32. The minimum Gasteiger partial charge on any atom is -0.465 e. The lowest BCUT2D eigenvalue weighted by atomic mass is 10.3. The van der Waals surface area contributed by atoms with E-state index in [1.165, 1.54) is 4.90 Å². The Balaban J connectivity index is 1.89. The van der Waals surface area contributed by atoms with Crippen molar-refractivity contribution in [3.05, 3.63) is 0 Å². The molecule has 0 bridgehead atoms. The molecule has 0 aromatic rings. The lowest BCUT2D eigenvalue weighted by molar-refractivity contribution is -0.139. The van der Waals surface area contributed by atoms with Gasteiger partial charge in [0.05, 0.1) is 12.6 Å². The molecule has 1 N–H and O–H groups in total. The first-order chi connectivity index (χ1) is 5.99. The van der Waals surface area contributed by atoms with Gasteiger partial charge in [0.1, 0.15) is 6.10 Å². The summed E-state index contributed by atoms with van der Waals surface area (Å²) in [5, 5.41) is 8.64. The second-order valence-electron chi connectivity index (χ2n) is 3.87. The molecule has 0 aromatic heterocycles. The van der Waals surface area contributed by atoms with Crippen LogP contribution in [-0.4, -0.2) is 47.2 Å². The van der Waals surface area contributed by atoms with E-state index in [0.29, 0.717) is 13.2 Å². The van der Waals surface area contributed by atoms with E-state index in [1.54, 1.807) is 0 Å². The molecule has 13 heavy (non-hydrogen) atoms. The molecule has 0 spiro atoms. The number of carbonyl (C=O) groups is 1. The van der Waals surface area contributed by atoms with Gasteiger partial charge in [0.25, 0.3) is 0 Å². The van der Waals surface area contributed by atoms with Crippen molar-refractivity contribution >= 4 is 6.09 Å². The fourth-order valence-electron chi connectivity index (χ4n) is 1.60. The summed E-state index contributed by atoms with van der Waals surface area (Å²) in [6, 6.07) is -0.000671. The molecule has 2 heterocycles. The number of ether oxygens (including phenoxy) is 2. The molecular formula is C8H13NO4. The summed E-state index contributed by atoms with van der Waals surface area (Å²) in [4.78, 5) is 11.9. The fraction of sp³-hybridized carbons (Fsp3) is 0.875. The quantitative estimate of drug-likeness (QED) is 0.607. The summed E-state index contributed by atoms with van der Waals surface area (Å²) >= 11 is 0. The topological polar surface area (TPSA) is 58.8 Å². The van der Waals surface area contributed by atoms with E-state index in [0.717, 1.165) is 0 Å². The van der Waals surface area contributed by atoms with Gasteiger partial charge in [-0.1, -0.05) is 0 Å². The third-order valence-corrected chi connectivity index (χ3v) is 2.36. The van der Waals surface area contributed by atoms with E-state index >= 15 is 0 Å². The van der Waals surface area contributed by atoms with Crippen LogP contribution in [0.15, 0.2) is 0 Å². The van der Waals surface area contributed by atoms with Gasteiger partial charge in [-0.15, -0.1) is 0 Å². The van der Waals surface area contributed by atoms with E-state index in [9.17, 15) is 4.79 Å². The Morgan fingerprint density at radius 2 is 2.31 bits per heavy atom. The molecule has 5 heteroatoms. The van der Waals surface area contributed by atoms with Crippen LogP contribution in [0.4, 0.5) is 4.79 Å². The highest BCUT2D eigenvalue weighted by Gasteiger charge is 2.49. The van der Waals surface area contributed by atoms with Crippen molar-refractivity contribution in [3.8, 4) is 0 Å². The number of nitrogens with zero attached hydrogens (tertiary/aromatic N) is 1. The van der Waals surface area contributed by atoms with Crippen LogP contribution < -0.4 is 0 Å². The third kappa shape index (κ3) is 1.62. The maximum absolute atomic E-state index is 10.5. The van der Waals surface area contributed by atoms with Gasteiger partial charge in [0.15, 0.2) is 5.79 Å². The summed E-state index contributed by atoms with van der Waals surface area (Å²) in [5.41, 5.74) is 0. The minimum atomic E-state index is -0.877. The Bertz CT molecular complexity index is 240. The van der Waals surface area contributed by atoms with E-state index in [2.05, 4.69) is 0 Å². The Morgan fingerprint density at radius 1 is 1.62 bits per heavy atom. The first kappa shape index (κ1) is 8.77. The Morgan fingerprint density at radius 3 is 2.69 bits per heavy atom. The number of hydrogen-bond donors (Lipinski definition) is 1. The normalized spacial score (nSPS) is 36.3. The SMILES string of the molecule is CC1(C)OC[C@H]([C@@H]2CN2C(=O)O)O1. The van der Waals surface area contributed by atoms with Gasteiger partial charge < -0.3 is 14.6 Å². The number of carboxylic acid groups (broad SMARTS) is 1. The summed E-state index contributed by atoms with van der Waals surface area (Å²) in [7, 11) is 0. The molecule has 1 amide bonds. The largest absolute Gasteiger partial charge is 0.465 e. The number of rotatable bonds is 1. The zero-order valence-corrected chi connectivity index (χ0v) is 7.69. The van der Waals surface area contributed by atoms with Gasteiger partial charge in [0.2, 0.25) is 0 Å². The molecule has 2 rings (SSSR count). The van der Waals surface area contributed by atoms with Crippen molar-refractivity contribution < 1.29 is 19.4 Å². The lowest BCUT2D eigenvalue weighted by Crippen LogP contribution is -2.27. The average molecular weight is 187 g/mol. The molecule has 0 radical (unpaired) electrons. The van der Waals surface area contributed by atoms with Crippen LogP contribution in [0.3, 0.4) is 0 Å². The Labute approximate surface area is 76.2 Å². The van der Waals surface area contributed by atoms with Gasteiger partial charge in [0, 0.05) is 6.54 Å². The molecule has 74 valence electrons. The van der Waals surface area contributed by atoms with E-state index in [-0.39, 0.29) is 12.1 Å². The maximum Gasteiger partial charge on any atom is 0.407 e. The second-order valence-corrected chi connectivity index (χ2v) is 3.87. The summed E-state index contributed by atoms with van der Waals surface area (Å²) in [6.07, 6.45) is -0.968. The van der Waals surface area contributed by atoms with Gasteiger partial charge >= 0.3 is 6.09 Å². The highest BCUT2D eigenvalue weighted by molar-refractivity contribution is 5.68. The first-order valence-electron chi connectivity index (χ1n) is 4.31. The molecule has 0 saturated carbocycles. The number of amides is 1. The lowest BCUT2D eigenvalue weighted by Gasteiger charge is -2.16. The molecule has 2 fully saturated rings. The molecule has 2 atom stereocenters. The van der Waals surface area contributed by atoms with Crippen LogP contribution in [0.1, 0.15) is 13.8 Å². The highest BCUT2D eigenvalue weighted by atomic mass is 16.7. The molecule has 2 aliphatic rings. The van der Waals surface area contributed by atoms with E-state index in [4.69, 9.17) is 14.6 Å². The van der Waals surface area contributed by atoms with Crippen molar-refractivity contribution in [2.45, 2.75) is 31.8 Å². The van der Waals surface area contributed by atoms with Crippen LogP contribution in [-0.2, 0) is 9.47 Å². The van der Waals surface area contributed by atoms with Crippen molar-refractivity contribution in [3.63, 3.8) is 0 Å². The molecule has 2 saturated heterocycles. The molecule has 0 unspecified atom stereocenters. The predicted molar refractivity (Wildman–Crippen MR) is 43.4 cm³/mol. The van der Waals surface area contributed by atoms with E-state index in [1.807, 2.05) is 13.8 Å². The summed E-state index contributed by atoms with van der Waals surface area (Å²) in [5.74, 6) is -0.558. The molecule has 0 aromatic carbocycles. The van der Waals surface area contributed by atoms with Crippen LogP contribution in [0.5, 0.6) is 0 Å². The Kier molecular flexibility index (Phi) is 1.75. The van der Waals surface area contributed by atoms with Crippen molar-refractivity contribution in [1.29, 1.82) is 0 Å². The molecule has 2 aliphatic heterocycles. The molecule has 5 nitrogen and oxygen atoms in total. The Hall–Kier alpha value is -0.810. The predicted octanol–water partition coefficient (Wildman–Crippen LogP) is 0.500. The van der Waals surface area contributed by atoms with Crippen molar-refractivity contribution in [2.75, 3.05) is 13.2 Å². The van der Waals surface area contributed by atoms with Gasteiger partial charge in [-0.25, -0.2) is 4.79 Å². The van der Waals surface area contributed by atoms with Gasteiger partial charge in [-0.2, -0.15) is 0 Å². The van der Waals surface area contributed by atoms with Crippen LogP contribution >= 0.6 is 0 Å². The minimum absolute atomic E-state index is 0.000671. The van der Waals surface area contributed by atoms with Crippen LogP contribution in [0.2, 0.25) is 0 Å². The average Bonchev–Trinajstić information content (AvgIpc) is 2.71. The summed E-state index contributed by atoms with van der Waals surface area (Å²) in [6.45, 7) is 4.72. The standard InChI is InChI=1S/C8H13NO4/c1-8(2)12-4-6(13-8)5-3-9(5)7(10)11/h5-6H,3-4H2,1-2H3,(H,10,11)/t5-,6+,9?/m0/s1. The first-order valence-corrected chi connectivity index (χ1v) is 4.31. The zero-order chi connectivity index (χ0) is 9.64. The smallest absolute Gasteiger partial charge is 0.407 e. The van der Waals surface area contributed by atoms with Crippen molar-refractivity contribution in [1.82, 2.24) is 4.90 Å². The van der Waals surface area contributed by atoms with Crippen LogP contribution in [0.25, 0.3) is 0 Å². The number of hydrogen-bond acceptors (Lipinski definition) is 3.